The maximum absolute atomic E-state index is 5.03. The molecule has 0 aliphatic carbocycles. The molecule has 0 aromatic heterocycles. The molecule has 0 bridgehead atoms. The normalized spacial score (nSPS) is 9.27. The third-order valence-electron chi connectivity index (χ3n) is 1.49. The molecule has 0 fully saturated rings. The van der Waals surface area contributed by atoms with Crippen LogP contribution in [0.3, 0.4) is 0 Å². The zero-order valence-corrected chi connectivity index (χ0v) is 6.76. The van der Waals surface area contributed by atoms with Crippen LogP contribution in [-0.4, -0.2) is 14.2 Å². The molecule has 0 spiro atoms. The second kappa shape index (κ2) is 3.19. The summed E-state index contributed by atoms with van der Waals surface area (Å²) in [4.78, 5) is 0. The molecule has 0 N–H and O–H groups in total. The van der Waals surface area contributed by atoms with Gasteiger partial charge in [-0.25, -0.2) is 0 Å². The molecule has 0 saturated carbocycles. The molecule has 11 heavy (non-hydrogen) atoms. The van der Waals surface area contributed by atoms with Crippen LogP contribution in [0.4, 0.5) is 0 Å². The fraction of sp³-hybridized carbons (Fsp3) is 0.222. The Bertz CT molecular complexity index is 243. The molecule has 1 aromatic rings. The largest absolute Gasteiger partial charge is 0.554 e. The van der Waals surface area contributed by atoms with Gasteiger partial charge < -0.3 is 9.47 Å². The smallest absolute Gasteiger partial charge is 0.0759 e. The SMILES string of the molecule is [CH2-]c1cc(OC)ccc1OC. The lowest BCUT2D eigenvalue weighted by Crippen LogP contribution is -1.88. The number of ether oxygens (including phenoxy) is 2. The Morgan fingerprint density at radius 3 is 2.36 bits per heavy atom. The first-order chi connectivity index (χ1) is 5.27. The molecule has 60 valence electrons. The average Bonchev–Trinajstić information content (AvgIpc) is 2.04. The van der Waals surface area contributed by atoms with Crippen molar-refractivity contribution >= 4 is 0 Å². The Morgan fingerprint density at radius 2 is 1.91 bits per heavy atom. The van der Waals surface area contributed by atoms with Crippen LogP contribution in [0.2, 0.25) is 0 Å². The first-order valence-electron chi connectivity index (χ1n) is 3.32. The first-order valence-corrected chi connectivity index (χ1v) is 3.32. The molecule has 0 atom stereocenters. The van der Waals surface area contributed by atoms with Gasteiger partial charge in [-0.15, -0.1) is 6.07 Å². The highest BCUT2D eigenvalue weighted by Gasteiger charge is 1.89. The highest BCUT2D eigenvalue weighted by atomic mass is 16.5. The summed E-state index contributed by atoms with van der Waals surface area (Å²) in [6, 6.07) is 5.51. The molecule has 2 heteroatoms. The Balaban J connectivity index is 2.99. The van der Waals surface area contributed by atoms with E-state index < -0.39 is 0 Å². The Morgan fingerprint density at radius 1 is 1.18 bits per heavy atom. The van der Waals surface area contributed by atoms with Crippen LogP contribution in [0.1, 0.15) is 5.56 Å². The van der Waals surface area contributed by atoms with Crippen molar-refractivity contribution < 1.29 is 9.47 Å². The van der Waals surface area contributed by atoms with Gasteiger partial charge in [-0.05, 0) is 6.07 Å². The summed E-state index contributed by atoms with van der Waals surface area (Å²) in [6.07, 6.45) is 0. The Labute approximate surface area is 66.8 Å². The lowest BCUT2D eigenvalue weighted by Gasteiger charge is -2.13. The van der Waals surface area contributed by atoms with Gasteiger partial charge in [0.15, 0.2) is 0 Å². The predicted octanol–water partition coefficient (Wildman–Crippen LogP) is 1.89. The van der Waals surface area contributed by atoms with E-state index in [1.54, 1.807) is 14.2 Å². The van der Waals surface area contributed by atoms with Gasteiger partial charge in [0.2, 0.25) is 0 Å². The molecular formula is C9H11O2-. The molecule has 0 aliphatic rings. The topological polar surface area (TPSA) is 18.5 Å². The highest BCUT2D eigenvalue weighted by molar-refractivity contribution is 5.41. The van der Waals surface area contributed by atoms with Crippen LogP contribution in [0.5, 0.6) is 11.5 Å². The summed E-state index contributed by atoms with van der Waals surface area (Å²) in [5.74, 6) is 1.58. The number of methoxy groups -OCH3 is 2. The van der Waals surface area contributed by atoms with Gasteiger partial charge in [0.1, 0.15) is 0 Å². The van der Waals surface area contributed by atoms with E-state index in [0.29, 0.717) is 0 Å². The maximum Gasteiger partial charge on any atom is 0.0759 e. The minimum Gasteiger partial charge on any atom is -0.554 e. The first kappa shape index (κ1) is 7.79. The molecule has 0 heterocycles. The second-order valence-electron chi connectivity index (χ2n) is 2.18. The average molecular weight is 151 g/mol. The third kappa shape index (κ3) is 1.58. The molecular weight excluding hydrogens is 140 g/mol. The number of hydrogen-bond acceptors (Lipinski definition) is 2. The molecule has 1 rings (SSSR count). The summed E-state index contributed by atoms with van der Waals surface area (Å²) in [6.45, 7) is 3.79. The molecule has 2 nitrogen and oxygen atoms in total. The molecule has 0 radical (unpaired) electrons. The summed E-state index contributed by atoms with van der Waals surface area (Å²) in [5.41, 5.74) is 0.840. The van der Waals surface area contributed by atoms with Gasteiger partial charge >= 0.3 is 0 Å². The van der Waals surface area contributed by atoms with Crippen LogP contribution in [0.25, 0.3) is 0 Å². The lowest BCUT2D eigenvalue weighted by molar-refractivity contribution is 0.401. The van der Waals surface area contributed by atoms with Crippen molar-refractivity contribution in [3.05, 3.63) is 30.7 Å². The van der Waals surface area contributed by atoms with Crippen molar-refractivity contribution in [1.82, 2.24) is 0 Å². The van der Waals surface area contributed by atoms with E-state index >= 15 is 0 Å². The molecule has 1 aromatic carbocycles. The van der Waals surface area contributed by atoms with Crippen molar-refractivity contribution in [2.75, 3.05) is 14.2 Å². The van der Waals surface area contributed by atoms with Crippen LogP contribution in [-0.2, 0) is 0 Å². The summed E-state index contributed by atoms with van der Waals surface area (Å²) in [5, 5.41) is 0. The molecule has 0 amide bonds. The van der Waals surface area contributed by atoms with Crippen molar-refractivity contribution in [2.45, 2.75) is 0 Å². The van der Waals surface area contributed by atoms with Crippen LogP contribution in [0, 0.1) is 6.92 Å². The van der Waals surface area contributed by atoms with E-state index in [9.17, 15) is 0 Å². The molecule has 0 aliphatic heterocycles. The Hall–Kier alpha value is -1.31. The lowest BCUT2D eigenvalue weighted by atomic mass is 10.2. The fourth-order valence-corrected chi connectivity index (χ4v) is 0.882. The standard InChI is InChI=1S/C9H11O2/c1-7-6-8(10-2)4-5-9(7)11-3/h4-6H,1H2,2-3H3/q-1. The van der Waals surface area contributed by atoms with Gasteiger partial charge in [0.05, 0.1) is 20.0 Å². The second-order valence-corrected chi connectivity index (χ2v) is 2.18. The van der Waals surface area contributed by atoms with E-state index in [4.69, 9.17) is 9.47 Å². The van der Waals surface area contributed by atoms with E-state index in [1.807, 2.05) is 18.2 Å². The van der Waals surface area contributed by atoms with Gasteiger partial charge in [-0.3, -0.25) is 0 Å². The zero-order chi connectivity index (χ0) is 8.27. The van der Waals surface area contributed by atoms with E-state index in [2.05, 4.69) is 6.92 Å². The predicted molar refractivity (Wildman–Crippen MR) is 44.0 cm³/mol. The van der Waals surface area contributed by atoms with E-state index in [1.165, 1.54) is 0 Å². The van der Waals surface area contributed by atoms with Crippen molar-refractivity contribution in [1.29, 1.82) is 0 Å². The van der Waals surface area contributed by atoms with E-state index in [-0.39, 0.29) is 0 Å². The van der Waals surface area contributed by atoms with Crippen molar-refractivity contribution in [2.24, 2.45) is 0 Å². The van der Waals surface area contributed by atoms with Crippen molar-refractivity contribution in [3.63, 3.8) is 0 Å². The third-order valence-corrected chi connectivity index (χ3v) is 1.49. The minimum atomic E-state index is 0.783. The minimum absolute atomic E-state index is 0.783. The van der Waals surface area contributed by atoms with Gasteiger partial charge in [-0.1, -0.05) is 6.07 Å². The summed E-state index contributed by atoms with van der Waals surface area (Å²) < 4.78 is 10.0. The highest BCUT2D eigenvalue weighted by Crippen LogP contribution is 2.22. The molecule has 0 saturated heterocycles. The van der Waals surface area contributed by atoms with Gasteiger partial charge in [0.25, 0.3) is 0 Å². The fourth-order valence-electron chi connectivity index (χ4n) is 0.882. The number of hydrogen-bond donors (Lipinski definition) is 0. The number of rotatable bonds is 2. The summed E-state index contributed by atoms with van der Waals surface area (Å²) in [7, 11) is 3.25. The molecule has 0 unspecified atom stereocenters. The van der Waals surface area contributed by atoms with Gasteiger partial charge in [0, 0.05) is 5.75 Å². The van der Waals surface area contributed by atoms with Crippen molar-refractivity contribution in [3.8, 4) is 11.5 Å². The van der Waals surface area contributed by atoms with E-state index in [0.717, 1.165) is 17.1 Å². The quantitative estimate of drug-likeness (QED) is 0.601. The van der Waals surface area contributed by atoms with Gasteiger partial charge in [-0.2, -0.15) is 12.5 Å². The number of benzene rings is 1. The zero-order valence-electron chi connectivity index (χ0n) is 6.76. The van der Waals surface area contributed by atoms with Crippen LogP contribution >= 0.6 is 0 Å². The summed E-state index contributed by atoms with van der Waals surface area (Å²) >= 11 is 0. The van der Waals surface area contributed by atoms with Crippen LogP contribution < -0.4 is 9.47 Å². The maximum atomic E-state index is 5.03. The van der Waals surface area contributed by atoms with Crippen LogP contribution in [0.15, 0.2) is 18.2 Å². The Kier molecular flexibility index (Phi) is 2.26. The monoisotopic (exact) mass is 151 g/mol.